The molecule has 0 radical (unpaired) electrons. The van der Waals surface area contributed by atoms with Gasteiger partial charge in [-0.3, -0.25) is 11.3 Å². The van der Waals surface area contributed by atoms with E-state index < -0.39 is 0 Å². The Morgan fingerprint density at radius 3 is 2.52 bits per heavy atom. The molecule has 1 atom stereocenters. The second-order valence-electron chi connectivity index (χ2n) is 5.16. The van der Waals surface area contributed by atoms with Gasteiger partial charge in [0.05, 0.1) is 7.11 Å². The van der Waals surface area contributed by atoms with Gasteiger partial charge in [-0.25, -0.2) is 0 Å². The molecule has 0 aromatic heterocycles. The molecule has 0 saturated carbocycles. The molecule has 0 aliphatic rings. The van der Waals surface area contributed by atoms with E-state index in [0.29, 0.717) is 0 Å². The predicted octanol–water partition coefficient (Wildman–Crippen LogP) is 3.38. The third kappa shape index (κ3) is 4.30. The fourth-order valence-corrected chi connectivity index (χ4v) is 2.80. The summed E-state index contributed by atoms with van der Waals surface area (Å²) in [6.07, 6.45) is 1.73. The number of rotatable bonds is 6. The van der Waals surface area contributed by atoms with Crippen molar-refractivity contribution in [1.82, 2.24) is 5.43 Å². The van der Waals surface area contributed by atoms with Gasteiger partial charge in [0, 0.05) is 10.5 Å². The average Bonchev–Trinajstić information content (AvgIpc) is 2.50. The van der Waals surface area contributed by atoms with E-state index in [1.807, 2.05) is 18.2 Å². The Labute approximate surface area is 134 Å². The van der Waals surface area contributed by atoms with Crippen molar-refractivity contribution in [2.24, 2.45) is 5.84 Å². The lowest BCUT2D eigenvalue weighted by Crippen LogP contribution is -2.38. The third-order valence-corrected chi connectivity index (χ3v) is 4.46. The van der Waals surface area contributed by atoms with Crippen molar-refractivity contribution in [3.8, 4) is 5.75 Å². The van der Waals surface area contributed by atoms with Crippen molar-refractivity contribution in [2.75, 3.05) is 7.11 Å². The van der Waals surface area contributed by atoms with Gasteiger partial charge in [-0.15, -0.1) is 0 Å². The Bertz CT molecular complexity index is 601. The summed E-state index contributed by atoms with van der Waals surface area (Å²) < 4.78 is 6.37. The highest BCUT2D eigenvalue weighted by molar-refractivity contribution is 9.10. The molecule has 0 saturated heterocycles. The molecule has 2 aromatic carbocycles. The maximum atomic E-state index is 5.74. The summed E-state index contributed by atoms with van der Waals surface area (Å²) in [5.74, 6) is 6.60. The normalized spacial score (nSPS) is 12.2. The van der Waals surface area contributed by atoms with Crippen LogP contribution in [0.15, 0.2) is 46.9 Å². The quantitative estimate of drug-likeness (QED) is 0.621. The van der Waals surface area contributed by atoms with Gasteiger partial charge in [0.15, 0.2) is 0 Å². The molecule has 4 heteroatoms. The first-order valence-electron chi connectivity index (χ1n) is 6.97. The molecule has 0 aliphatic heterocycles. The van der Waals surface area contributed by atoms with E-state index in [4.69, 9.17) is 10.6 Å². The lowest BCUT2D eigenvalue weighted by Gasteiger charge is -2.18. The third-order valence-electron chi connectivity index (χ3n) is 3.68. The first-order chi connectivity index (χ1) is 10.1. The Morgan fingerprint density at radius 1 is 1.14 bits per heavy atom. The number of halogens is 1. The number of ether oxygens (including phenoxy) is 1. The standard InChI is InChI=1S/C17H21BrN2O/c1-12-5-3-4-6-13(12)9-15(20-19)10-14-11-16(21-2)7-8-17(14)18/h3-8,11,15,20H,9-10,19H2,1-2H3. The van der Waals surface area contributed by atoms with Gasteiger partial charge >= 0.3 is 0 Å². The SMILES string of the molecule is COc1ccc(Br)c(CC(Cc2ccccc2C)NN)c1. The summed E-state index contributed by atoms with van der Waals surface area (Å²) in [6, 6.07) is 14.6. The highest BCUT2D eigenvalue weighted by atomic mass is 79.9. The molecule has 0 bridgehead atoms. The monoisotopic (exact) mass is 348 g/mol. The Kier molecular flexibility index (Phi) is 5.79. The number of methoxy groups -OCH3 is 1. The van der Waals surface area contributed by atoms with Crippen LogP contribution < -0.4 is 16.0 Å². The smallest absolute Gasteiger partial charge is 0.119 e. The Morgan fingerprint density at radius 2 is 1.86 bits per heavy atom. The average molecular weight is 349 g/mol. The largest absolute Gasteiger partial charge is 0.497 e. The number of hydrogen-bond donors (Lipinski definition) is 2. The zero-order valence-corrected chi connectivity index (χ0v) is 14.0. The van der Waals surface area contributed by atoms with Crippen LogP contribution >= 0.6 is 15.9 Å². The zero-order chi connectivity index (χ0) is 15.2. The van der Waals surface area contributed by atoms with E-state index in [2.05, 4.69) is 52.5 Å². The van der Waals surface area contributed by atoms with Crippen LogP contribution in [0.1, 0.15) is 16.7 Å². The molecule has 0 aliphatic carbocycles. The fourth-order valence-electron chi connectivity index (χ4n) is 2.39. The van der Waals surface area contributed by atoms with Gasteiger partial charge in [0.25, 0.3) is 0 Å². The highest BCUT2D eigenvalue weighted by Gasteiger charge is 2.13. The number of aryl methyl sites for hydroxylation is 1. The van der Waals surface area contributed by atoms with Crippen LogP contribution in [0.25, 0.3) is 0 Å². The zero-order valence-electron chi connectivity index (χ0n) is 12.4. The molecular formula is C17H21BrN2O. The summed E-state index contributed by atoms with van der Waals surface area (Å²) in [4.78, 5) is 0. The summed E-state index contributed by atoms with van der Waals surface area (Å²) in [5, 5.41) is 0. The van der Waals surface area contributed by atoms with Gasteiger partial charge in [0.2, 0.25) is 0 Å². The van der Waals surface area contributed by atoms with E-state index in [9.17, 15) is 0 Å². The topological polar surface area (TPSA) is 47.3 Å². The van der Waals surface area contributed by atoms with Crippen LogP contribution in [0.5, 0.6) is 5.75 Å². The number of nitrogens with two attached hydrogens (primary N) is 1. The maximum absolute atomic E-state index is 5.74. The number of hydrogen-bond acceptors (Lipinski definition) is 3. The molecule has 2 aromatic rings. The van der Waals surface area contributed by atoms with Crippen molar-refractivity contribution < 1.29 is 4.74 Å². The number of benzene rings is 2. The van der Waals surface area contributed by atoms with Crippen molar-refractivity contribution in [3.05, 3.63) is 63.6 Å². The van der Waals surface area contributed by atoms with Crippen molar-refractivity contribution in [3.63, 3.8) is 0 Å². The molecule has 0 amide bonds. The molecular weight excluding hydrogens is 328 g/mol. The van der Waals surface area contributed by atoms with E-state index in [1.54, 1.807) is 7.11 Å². The molecule has 3 nitrogen and oxygen atoms in total. The van der Waals surface area contributed by atoms with E-state index >= 15 is 0 Å². The van der Waals surface area contributed by atoms with Gasteiger partial charge < -0.3 is 4.74 Å². The fraction of sp³-hybridized carbons (Fsp3) is 0.294. The maximum Gasteiger partial charge on any atom is 0.119 e. The minimum atomic E-state index is 0.175. The minimum absolute atomic E-state index is 0.175. The molecule has 0 spiro atoms. The lowest BCUT2D eigenvalue weighted by atomic mass is 9.97. The van der Waals surface area contributed by atoms with Crippen molar-refractivity contribution in [2.45, 2.75) is 25.8 Å². The predicted molar refractivity (Wildman–Crippen MR) is 90.4 cm³/mol. The van der Waals surface area contributed by atoms with Crippen LogP contribution in [-0.2, 0) is 12.8 Å². The van der Waals surface area contributed by atoms with Crippen molar-refractivity contribution in [1.29, 1.82) is 0 Å². The molecule has 3 N–H and O–H groups in total. The van der Waals surface area contributed by atoms with Crippen LogP contribution in [-0.4, -0.2) is 13.2 Å². The van der Waals surface area contributed by atoms with Crippen LogP contribution in [0.4, 0.5) is 0 Å². The molecule has 112 valence electrons. The molecule has 21 heavy (non-hydrogen) atoms. The summed E-state index contributed by atoms with van der Waals surface area (Å²) >= 11 is 3.59. The minimum Gasteiger partial charge on any atom is -0.497 e. The summed E-state index contributed by atoms with van der Waals surface area (Å²) in [6.45, 7) is 2.13. The van der Waals surface area contributed by atoms with Crippen LogP contribution in [0.2, 0.25) is 0 Å². The first kappa shape index (κ1) is 16.0. The molecule has 1 unspecified atom stereocenters. The van der Waals surface area contributed by atoms with Crippen LogP contribution in [0, 0.1) is 6.92 Å². The number of nitrogens with one attached hydrogen (secondary N) is 1. The Balaban J connectivity index is 2.14. The van der Waals surface area contributed by atoms with Gasteiger partial charge in [-0.2, -0.15) is 0 Å². The summed E-state index contributed by atoms with van der Waals surface area (Å²) in [5.41, 5.74) is 6.73. The van der Waals surface area contributed by atoms with E-state index in [1.165, 1.54) is 16.7 Å². The summed E-state index contributed by atoms with van der Waals surface area (Å²) in [7, 11) is 1.68. The second kappa shape index (κ2) is 7.59. The molecule has 0 heterocycles. The van der Waals surface area contributed by atoms with Crippen molar-refractivity contribution >= 4 is 15.9 Å². The van der Waals surface area contributed by atoms with Gasteiger partial charge in [0.1, 0.15) is 5.75 Å². The van der Waals surface area contributed by atoms with Crippen LogP contribution in [0.3, 0.4) is 0 Å². The molecule has 2 rings (SSSR count). The van der Waals surface area contributed by atoms with Gasteiger partial charge in [-0.1, -0.05) is 40.2 Å². The highest BCUT2D eigenvalue weighted by Crippen LogP contribution is 2.24. The second-order valence-corrected chi connectivity index (χ2v) is 6.01. The Hall–Kier alpha value is -1.36. The number of hydrazine groups is 1. The molecule has 0 fully saturated rings. The first-order valence-corrected chi connectivity index (χ1v) is 7.76. The van der Waals surface area contributed by atoms with Gasteiger partial charge in [-0.05, 0) is 54.7 Å². The lowest BCUT2D eigenvalue weighted by molar-refractivity contribution is 0.413. The van der Waals surface area contributed by atoms with E-state index in [-0.39, 0.29) is 6.04 Å². The van der Waals surface area contributed by atoms with E-state index in [0.717, 1.165) is 23.1 Å².